The van der Waals surface area contributed by atoms with E-state index in [1.807, 2.05) is 37.3 Å². The zero-order valence-electron chi connectivity index (χ0n) is 17.7. The number of rotatable bonds is 6. The van der Waals surface area contributed by atoms with Crippen LogP contribution in [-0.4, -0.2) is 19.8 Å². The summed E-state index contributed by atoms with van der Waals surface area (Å²) in [6, 6.07) is 9.28. The van der Waals surface area contributed by atoms with Crippen molar-refractivity contribution in [3.8, 4) is 28.4 Å². The summed E-state index contributed by atoms with van der Waals surface area (Å²) < 4.78 is 23.3. The van der Waals surface area contributed by atoms with Crippen molar-refractivity contribution in [3.63, 3.8) is 0 Å². The Morgan fingerprint density at radius 2 is 1.90 bits per heavy atom. The van der Waals surface area contributed by atoms with Crippen molar-refractivity contribution in [2.24, 2.45) is 0 Å². The van der Waals surface area contributed by atoms with Gasteiger partial charge in [-0.3, -0.25) is 4.79 Å². The van der Waals surface area contributed by atoms with Crippen LogP contribution in [0.1, 0.15) is 31.6 Å². The lowest BCUT2D eigenvalue weighted by atomic mass is 9.99. The van der Waals surface area contributed by atoms with Crippen LogP contribution < -0.4 is 19.6 Å². The Bertz CT molecular complexity index is 1170. The molecule has 0 fully saturated rings. The summed E-state index contributed by atoms with van der Waals surface area (Å²) in [5, 5.41) is 0.552. The number of benzene rings is 2. The minimum atomic E-state index is -0.0609. The number of hydrogen-bond acceptors (Lipinski definition) is 5. The fourth-order valence-corrected chi connectivity index (χ4v) is 3.71. The van der Waals surface area contributed by atoms with Gasteiger partial charge in [0.15, 0.2) is 11.5 Å². The third kappa shape index (κ3) is 3.80. The van der Waals surface area contributed by atoms with E-state index in [2.05, 4.69) is 13.5 Å². The first kappa shape index (κ1) is 20.1. The molecule has 2 heterocycles. The summed E-state index contributed by atoms with van der Waals surface area (Å²) in [6.45, 7) is 11.2. The third-order valence-electron chi connectivity index (χ3n) is 5.07. The van der Waals surface area contributed by atoms with Gasteiger partial charge in [0.2, 0.25) is 5.43 Å². The number of ether oxygens (including phenoxy) is 3. The Morgan fingerprint density at radius 3 is 2.63 bits per heavy atom. The highest BCUT2D eigenvalue weighted by Gasteiger charge is 2.19. The molecular weight excluding hydrogens is 380 g/mol. The topological polar surface area (TPSA) is 57.9 Å². The molecule has 0 aliphatic carbocycles. The molecule has 0 amide bonds. The van der Waals surface area contributed by atoms with Crippen LogP contribution in [0.25, 0.3) is 22.1 Å². The summed E-state index contributed by atoms with van der Waals surface area (Å²) in [7, 11) is 0. The van der Waals surface area contributed by atoms with Crippen LogP contribution in [0.15, 0.2) is 51.7 Å². The van der Waals surface area contributed by atoms with E-state index in [1.165, 1.54) is 0 Å². The molecule has 0 atom stereocenters. The first-order valence-corrected chi connectivity index (χ1v) is 10.3. The van der Waals surface area contributed by atoms with Crippen molar-refractivity contribution in [3.05, 3.63) is 64.0 Å². The summed E-state index contributed by atoms with van der Waals surface area (Å²) in [6.07, 6.45) is 1.76. The van der Waals surface area contributed by atoms with E-state index in [9.17, 15) is 4.79 Å². The predicted octanol–water partition coefficient (Wildman–Crippen LogP) is 5.45. The van der Waals surface area contributed by atoms with Crippen LogP contribution >= 0.6 is 0 Å². The van der Waals surface area contributed by atoms with Crippen molar-refractivity contribution in [2.75, 3.05) is 19.8 Å². The average Bonchev–Trinajstić information content (AvgIpc) is 2.73. The van der Waals surface area contributed by atoms with Crippen LogP contribution in [0, 0.1) is 6.92 Å². The standard InChI is InChI=1S/C25H26O5/c1-5-6-17-11-19-22(13-21(17)29-14-15(2)3)30-16(4)24(25(19)26)18-7-8-20-23(12-18)28-10-9-27-20/h7-8,11-13H,2,5-6,9-10,14H2,1,3-4H3. The Morgan fingerprint density at radius 1 is 1.13 bits per heavy atom. The second-order valence-electron chi connectivity index (χ2n) is 7.67. The van der Waals surface area contributed by atoms with Crippen LogP contribution in [0.3, 0.4) is 0 Å². The zero-order chi connectivity index (χ0) is 21.3. The molecule has 1 aromatic heterocycles. The van der Waals surface area contributed by atoms with Gasteiger partial charge in [0.1, 0.15) is 36.9 Å². The molecule has 5 heteroatoms. The largest absolute Gasteiger partial charge is 0.489 e. The van der Waals surface area contributed by atoms with Gasteiger partial charge in [-0.1, -0.05) is 26.0 Å². The lowest BCUT2D eigenvalue weighted by Crippen LogP contribution is -2.15. The lowest BCUT2D eigenvalue weighted by Gasteiger charge is -2.19. The van der Waals surface area contributed by atoms with E-state index in [0.29, 0.717) is 53.6 Å². The summed E-state index contributed by atoms with van der Waals surface area (Å²) in [5.74, 6) is 2.63. The van der Waals surface area contributed by atoms with Gasteiger partial charge < -0.3 is 18.6 Å². The van der Waals surface area contributed by atoms with E-state index in [0.717, 1.165) is 35.3 Å². The van der Waals surface area contributed by atoms with Crippen molar-refractivity contribution in [1.82, 2.24) is 0 Å². The average molecular weight is 406 g/mol. The van der Waals surface area contributed by atoms with Crippen LogP contribution in [0.5, 0.6) is 17.2 Å². The second kappa shape index (κ2) is 8.27. The molecule has 30 heavy (non-hydrogen) atoms. The lowest BCUT2D eigenvalue weighted by molar-refractivity contribution is 0.171. The van der Waals surface area contributed by atoms with Crippen molar-refractivity contribution < 1.29 is 18.6 Å². The Kier molecular flexibility index (Phi) is 5.53. The number of hydrogen-bond donors (Lipinski definition) is 0. The molecule has 156 valence electrons. The van der Waals surface area contributed by atoms with Gasteiger partial charge in [0, 0.05) is 6.07 Å². The Hall–Kier alpha value is -3.21. The molecule has 2 aromatic carbocycles. The minimum Gasteiger partial charge on any atom is -0.489 e. The molecule has 1 aliphatic rings. The van der Waals surface area contributed by atoms with Crippen LogP contribution in [0.2, 0.25) is 0 Å². The molecular formula is C25H26O5. The Balaban J connectivity index is 1.85. The number of aryl methyl sites for hydroxylation is 2. The van der Waals surface area contributed by atoms with Crippen molar-refractivity contribution in [1.29, 1.82) is 0 Å². The smallest absolute Gasteiger partial charge is 0.200 e. The van der Waals surface area contributed by atoms with Crippen molar-refractivity contribution >= 4 is 11.0 Å². The Labute approximate surface area is 175 Å². The molecule has 0 unspecified atom stereocenters. The van der Waals surface area contributed by atoms with Gasteiger partial charge in [-0.15, -0.1) is 0 Å². The maximum atomic E-state index is 13.5. The molecule has 0 spiro atoms. The molecule has 3 aromatic rings. The quantitative estimate of drug-likeness (QED) is 0.510. The van der Waals surface area contributed by atoms with E-state index in [1.54, 1.807) is 6.92 Å². The summed E-state index contributed by atoms with van der Waals surface area (Å²) in [4.78, 5) is 13.5. The van der Waals surface area contributed by atoms with E-state index in [-0.39, 0.29) is 5.43 Å². The first-order valence-electron chi connectivity index (χ1n) is 10.3. The molecule has 0 bridgehead atoms. The minimum absolute atomic E-state index is 0.0609. The highest BCUT2D eigenvalue weighted by molar-refractivity contribution is 5.85. The molecule has 0 saturated heterocycles. The monoisotopic (exact) mass is 406 g/mol. The number of fused-ring (bicyclic) bond motifs is 2. The van der Waals surface area contributed by atoms with E-state index >= 15 is 0 Å². The van der Waals surface area contributed by atoms with Gasteiger partial charge in [0.25, 0.3) is 0 Å². The van der Waals surface area contributed by atoms with Gasteiger partial charge in [-0.2, -0.15) is 0 Å². The fraction of sp³-hybridized carbons (Fsp3) is 0.320. The third-order valence-corrected chi connectivity index (χ3v) is 5.07. The van der Waals surface area contributed by atoms with Crippen LogP contribution in [0.4, 0.5) is 0 Å². The summed E-state index contributed by atoms with van der Waals surface area (Å²) >= 11 is 0. The van der Waals surface area contributed by atoms with Gasteiger partial charge in [-0.25, -0.2) is 0 Å². The van der Waals surface area contributed by atoms with E-state index < -0.39 is 0 Å². The maximum absolute atomic E-state index is 13.5. The SMILES string of the molecule is C=C(C)COc1cc2oc(C)c(-c3ccc4c(c3)OCCO4)c(=O)c2cc1CCC. The fourth-order valence-electron chi connectivity index (χ4n) is 3.71. The van der Waals surface area contributed by atoms with Crippen LogP contribution in [-0.2, 0) is 6.42 Å². The van der Waals surface area contributed by atoms with Gasteiger partial charge in [-0.05, 0) is 55.2 Å². The van der Waals surface area contributed by atoms with Gasteiger partial charge >= 0.3 is 0 Å². The maximum Gasteiger partial charge on any atom is 0.200 e. The van der Waals surface area contributed by atoms with Crippen molar-refractivity contribution in [2.45, 2.75) is 33.6 Å². The molecule has 1 aliphatic heterocycles. The predicted molar refractivity (Wildman–Crippen MR) is 118 cm³/mol. The molecule has 0 radical (unpaired) electrons. The molecule has 0 saturated carbocycles. The molecule has 0 N–H and O–H groups in total. The molecule has 5 nitrogen and oxygen atoms in total. The highest BCUT2D eigenvalue weighted by atomic mass is 16.6. The highest BCUT2D eigenvalue weighted by Crippen LogP contribution is 2.36. The van der Waals surface area contributed by atoms with E-state index in [4.69, 9.17) is 18.6 Å². The normalized spacial score (nSPS) is 12.8. The summed E-state index contributed by atoms with van der Waals surface area (Å²) in [5.41, 5.74) is 3.69. The molecule has 4 rings (SSSR count). The first-order chi connectivity index (χ1) is 14.5. The second-order valence-corrected chi connectivity index (χ2v) is 7.67. The van der Waals surface area contributed by atoms with Gasteiger partial charge in [0.05, 0.1) is 10.9 Å². The zero-order valence-corrected chi connectivity index (χ0v) is 17.7.